The number of Topliss-reactive ketones (excluding diaryl/α,β-unsaturated/α-hetero) is 1. The Bertz CT molecular complexity index is 872. The Hall–Kier alpha value is -2.81. The zero-order chi connectivity index (χ0) is 18.4. The van der Waals surface area contributed by atoms with Gasteiger partial charge in [-0.3, -0.25) is 9.78 Å². The van der Waals surface area contributed by atoms with Crippen LogP contribution in [0.1, 0.15) is 29.5 Å². The first-order chi connectivity index (χ1) is 12.6. The van der Waals surface area contributed by atoms with Gasteiger partial charge in [0.25, 0.3) is 0 Å². The molecule has 1 heterocycles. The lowest BCUT2D eigenvalue weighted by Crippen LogP contribution is -2.03. The van der Waals surface area contributed by atoms with Crippen molar-refractivity contribution in [3.8, 4) is 11.1 Å². The van der Waals surface area contributed by atoms with E-state index < -0.39 is 0 Å². The largest absolute Gasteiger partial charge is 0.299 e. The van der Waals surface area contributed by atoms with Crippen molar-refractivity contribution >= 4 is 5.78 Å². The summed E-state index contributed by atoms with van der Waals surface area (Å²) in [7, 11) is 0. The van der Waals surface area contributed by atoms with E-state index in [0.29, 0.717) is 24.0 Å². The number of benzene rings is 2. The summed E-state index contributed by atoms with van der Waals surface area (Å²) in [6.45, 7) is 1.77. The maximum absolute atomic E-state index is 14.2. The molecule has 0 unspecified atom stereocenters. The van der Waals surface area contributed by atoms with Crippen LogP contribution in [0.2, 0.25) is 0 Å². The SMILES string of the molecule is Cc1cccc(-c2ccc(CCCC(=O)Cc3cccnc3)cc2)c1F. The molecular formula is C23H22FNO. The molecule has 0 N–H and O–H groups in total. The Kier molecular flexibility index (Phi) is 5.90. The summed E-state index contributed by atoms with van der Waals surface area (Å²) in [5.74, 6) is 0.0673. The van der Waals surface area contributed by atoms with E-state index in [1.165, 1.54) is 0 Å². The Balaban J connectivity index is 1.53. The fraction of sp³-hybridized carbons (Fsp3) is 0.217. The van der Waals surface area contributed by atoms with Crippen molar-refractivity contribution in [2.24, 2.45) is 0 Å². The number of pyridine rings is 1. The van der Waals surface area contributed by atoms with Crippen molar-refractivity contribution in [1.82, 2.24) is 4.98 Å². The molecule has 0 amide bonds. The van der Waals surface area contributed by atoms with Crippen molar-refractivity contribution in [3.05, 3.63) is 89.5 Å². The van der Waals surface area contributed by atoms with Gasteiger partial charge in [0.2, 0.25) is 0 Å². The molecule has 0 radical (unpaired) electrons. The van der Waals surface area contributed by atoms with E-state index in [2.05, 4.69) is 4.98 Å². The van der Waals surface area contributed by atoms with Crippen LogP contribution in [0.15, 0.2) is 67.0 Å². The topological polar surface area (TPSA) is 30.0 Å². The van der Waals surface area contributed by atoms with Crippen molar-refractivity contribution in [2.45, 2.75) is 32.6 Å². The number of aromatic nitrogens is 1. The highest BCUT2D eigenvalue weighted by atomic mass is 19.1. The van der Waals surface area contributed by atoms with Crippen LogP contribution in [-0.2, 0) is 17.6 Å². The first-order valence-electron chi connectivity index (χ1n) is 8.88. The molecule has 132 valence electrons. The van der Waals surface area contributed by atoms with Gasteiger partial charge in [0.1, 0.15) is 11.6 Å². The molecule has 3 heteroatoms. The van der Waals surface area contributed by atoms with Crippen molar-refractivity contribution in [2.75, 3.05) is 0 Å². The van der Waals surface area contributed by atoms with Gasteiger partial charge in [-0.05, 0) is 48.1 Å². The smallest absolute Gasteiger partial charge is 0.137 e. The summed E-state index contributed by atoms with van der Waals surface area (Å²) in [5.41, 5.74) is 4.28. The van der Waals surface area contributed by atoms with E-state index in [1.54, 1.807) is 31.5 Å². The van der Waals surface area contributed by atoms with Crippen LogP contribution in [0.4, 0.5) is 4.39 Å². The van der Waals surface area contributed by atoms with Crippen LogP contribution in [0.3, 0.4) is 0 Å². The standard InChI is InChI=1S/C23H22FNO/c1-17-5-2-9-22(23(17)24)20-12-10-18(11-13-20)6-3-8-21(26)15-19-7-4-14-25-16-19/h2,4-5,7,9-14,16H,3,6,8,15H2,1H3. The number of rotatable bonds is 7. The highest BCUT2D eigenvalue weighted by molar-refractivity contribution is 5.80. The molecule has 0 atom stereocenters. The van der Waals surface area contributed by atoms with Gasteiger partial charge in [-0.1, -0.05) is 48.5 Å². The second-order valence-electron chi connectivity index (χ2n) is 6.56. The fourth-order valence-electron chi connectivity index (χ4n) is 3.03. The quantitative estimate of drug-likeness (QED) is 0.578. The molecule has 0 saturated carbocycles. The molecule has 0 saturated heterocycles. The maximum Gasteiger partial charge on any atom is 0.137 e. The Morgan fingerprint density at radius 2 is 1.81 bits per heavy atom. The number of nitrogens with zero attached hydrogens (tertiary/aromatic N) is 1. The molecule has 2 aromatic carbocycles. The lowest BCUT2D eigenvalue weighted by atomic mass is 9.99. The third kappa shape index (κ3) is 4.63. The number of carbonyl (C=O) groups excluding carboxylic acids is 1. The van der Waals surface area contributed by atoms with Crippen LogP contribution >= 0.6 is 0 Å². The third-order valence-electron chi connectivity index (χ3n) is 4.50. The van der Waals surface area contributed by atoms with Crippen molar-refractivity contribution in [1.29, 1.82) is 0 Å². The number of halogens is 1. The molecule has 0 fully saturated rings. The van der Waals surface area contributed by atoms with Gasteiger partial charge in [-0.25, -0.2) is 4.39 Å². The third-order valence-corrected chi connectivity index (χ3v) is 4.50. The highest BCUT2D eigenvalue weighted by Crippen LogP contribution is 2.25. The minimum atomic E-state index is -0.166. The Morgan fingerprint density at radius 3 is 2.54 bits per heavy atom. The molecule has 0 bridgehead atoms. The first-order valence-corrected chi connectivity index (χ1v) is 8.88. The maximum atomic E-state index is 14.2. The predicted octanol–water partition coefficient (Wildman–Crippen LogP) is 5.33. The molecule has 3 aromatic rings. The minimum Gasteiger partial charge on any atom is -0.299 e. The molecule has 26 heavy (non-hydrogen) atoms. The van der Waals surface area contributed by atoms with Crippen LogP contribution in [0.5, 0.6) is 0 Å². The van der Waals surface area contributed by atoms with E-state index in [4.69, 9.17) is 0 Å². The summed E-state index contributed by atoms with van der Waals surface area (Å²) in [5, 5.41) is 0. The van der Waals surface area contributed by atoms with Crippen LogP contribution in [0, 0.1) is 12.7 Å². The Morgan fingerprint density at radius 1 is 1.00 bits per heavy atom. The molecule has 0 aliphatic heterocycles. The minimum absolute atomic E-state index is 0.166. The van der Waals surface area contributed by atoms with Crippen LogP contribution < -0.4 is 0 Å². The lowest BCUT2D eigenvalue weighted by Gasteiger charge is -2.07. The number of ketones is 1. The van der Waals surface area contributed by atoms with Gasteiger partial charge in [0.15, 0.2) is 0 Å². The van der Waals surface area contributed by atoms with Gasteiger partial charge in [-0.15, -0.1) is 0 Å². The Labute approximate surface area is 153 Å². The first kappa shape index (κ1) is 18.0. The van der Waals surface area contributed by atoms with E-state index in [1.807, 2.05) is 42.5 Å². The zero-order valence-corrected chi connectivity index (χ0v) is 14.9. The van der Waals surface area contributed by atoms with Gasteiger partial charge >= 0.3 is 0 Å². The molecule has 3 rings (SSSR count). The average molecular weight is 347 g/mol. The molecule has 0 spiro atoms. The number of hydrogen-bond acceptors (Lipinski definition) is 2. The summed E-state index contributed by atoms with van der Waals surface area (Å²) in [6, 6.07) is 17.1. The molecule has 2 nitrogen and oxygen atoms in total. The highest BCUT2D eigenvalue weighted by Gasteiger charge is 2.08. The van der Waals surface area contributed by atoms with Crippen molar-refractivity contribution in [3.63, 3.8) is 0 Å². The van der Waals surface area contributed by atoms with E-state index >= 15 is 0 Å². The normalized spacial score (nSPS) is 10.7. The number of hydrogen-bond donors (Lipinski definition) is 0. The molecule has 0 aliphatic carbocycles. The van der Waals surface area contributed by atoms with Crippen LogP contribution in [0.25, 0.3) is 11.1 Å². The molecule has 0 aliphatic rings. The van der Waals surface area contributed by atoms with Crippen molar-refractivity contribution < 1.29 is 9.18 Å². The molecular weight excluding hydrogens is 325 g/mol. The second-order valence-corrected chi connectivity index (χ2v) is 6.56. The summed E-state index contributed by atoms with van der Waals surface area (Å²) < 4.78 is 14.2. The number of carbonyl (C=O) groups is 1. The number of aryl methyl sites for hydroxylation is 2. The van der Waals surface area contributed by atoms with Gasteiger partial charge in [-0.2, -0.15) is 0 Å². The van der Waals surface area contributed by atoms with Gasteiger partial charge in [0, 0.05) is 30.8 Å². The van der Waals surface area contributed by atoms with E-state index in [0.717, 1.165) is 29.5 Å². The van der Waals surface area contributed by atoms with Crippen LogP contribution in [-0.4, -0.2) is 10.8 Å². The monoisotopic (exact) mass is 347 g/mol. The second kappa shape index (κ2) is 8.52. The lowest BCUT2D eigenvalue weighted by molar-refractivity contribution is -0.118. The van der Waals surface area contributed by atoms with Gasteiger partial charge < -0.3 is 0 Å². The van der Waals surface area contributed by atoms with E-state index in [-0.39, 0.29) is 11.6 Å². The zero-order valence-electron chi connectivity index (χ0n) is 14.9. The summed E-state index contributed by atoms with van der Waals surface area (Å²) >= 11 is 0. The average Bonchev–Trinajstić information content (AvgIpc) is 2.65. The fourth-order valence-corrected chi connectivity index (χ4v) is 3.03. The van der Waals surface area contributed by atoms with E-state index in [9.17, 15) is 9.18 Å². The molecule has 1 aromatic heterocycles. The predicted molar refractivity (Wildman–Crippen MR) is 102 cm³/mol. The summed E-state index contributed by atoms with van der Waals surface area (Å²) in [6.07, 6.45) is 6.11. The van der Waals surface area contributed by atoms with Gasteiger partial charge in [0.05, 0.1) is 0 Å². The summed E-state index contributed by atoms with van der Waals surface area (Å²) in [4.78, 5) is 16.1.